The summed E-state index contributed by atoms with van der Waals surface area (Å²) >= 11 is 0. The van der Waals surface area contributed by atoms with Crippen LogP contribution in [0.1, 0.15) is 35.8 Å². The topological polar surface area (TPSA) is 78.1 Å². The normalized spacial score (nSPS) is 15.7. The van der Waals surface area contributed by atoms with Crippen LogP contribution < -0.4 is 10.9 Å². The van der Waals surface area contributed by atoms with Gasteiger partial charge >= 0.3 is 0 Å². The predicted molar refractivity (Wildman–Crippen MR) is 101 cm³/mol. The Balaban J connectivity index is 1.38. The Labute approximate surface area is 153 Å². The molecule has 0 unspecified atom stereocenters. The summed E-state index contributed by atoms with van der Waals surface area (Å²) < 4.78 is 0. The number of piperidine rings is 1. The molecule has 6 nitrogen and oxygen atoms in total. The fourth-order valence-corrected chi connectivity index (χ4v) is 3.51. The lowest BCUT2D eigenvalue weighted by Gasteiger charge is -2.31. The molecule has 3 rings (SSSR count). The number of amides is 1. The van der Waals surface area contributed by atoms with Gasteiger partial charge < -0.3 is 10.3 Å². The zero-order valence-corrected chi connectivity index (χ0v) is 15.2. The Bertz CT molecular complexity index is 780. The van der Waals surface area contributed by atoms with E-state index in [2.05, 4.69) is 44.5 Å². The van der Waals surface area contributed by atoms with E-state index in [1.165, 1.54) is 11.6 Å². The fraction of sp³-hybridized carbons (Fsp3) is 0.450. The summed E-state index contributed by atoms with van der Waals surface area (Å²) in [6, 6.07) is 12.1. The quantitative estimate of drug-likeness (QED) is 0.826. The monoisotopic (exact) mass is 354 g/mol. The number of rotatable bonds is 6. The first kappa shape index (κ1) is 18.3. The Kier molecular flexibility index (Phi) is 6.17. The second-order valence-electron chi connectivity index (χ2n) is 6.88. The van der Waals surface area contributed by atoms with Crippen molar-refractivity contribution in [2.75, 3.05) is 26.2 Å². The van der Waals surface area contributed by atoms with Gasteiger partial charge in [0.25, 0.3) is 5.56 Å². The minimum absolute atomic E-state index is 0.0322. The van der Waals surface area contributed by atoms with Crippen LogP contribution in [0.2, 0.25) is 0 Å². The molecule has 0 spiro atoms. The van der Waals surface area contributed by atoms with Crippen LogP contribution in [0.3, 0.4) is 0 Å². The third-order valence-corrected chi connectivity index (χ3v) is 4.84. The first-order valence-electron chi connectivity index (χ1n) is 9.21. The van der Waals surface area contributed by atoms with Crippen LogP contribution in [0.4, 0.5) is 0 Å². The van der Waals surface area contributed by atoms with E-state index in [1.54, 1.807) is 6.92 Å². The van der Waals surface area contributed by atoms with Crippen LogP contribution in [0, 0.1) is 6.92 Å². The summed E-state index contributed by atoms with van der Waals surface area (Å²) in [6.45, 7) is 4.57. The van der Waals surface area contributed by atoms with Gasteiger partial charge in [-0.25, -0.2) is 4.98 Å². The molecule has 1 aliphatic rings. The summed E-state index contributed by atoms with van der Waals surface area (Å²) in [6.07, 6.45) is 2.74. The Morgan fingerprint density at radius 2 is 2.00 bits per heavy atom. The summed E-state index contributed by atoms with van der Waals surface area (Å²) in [5.41, 5.74) is 1.95. The van der Waals surface area contributed by atoms with Gasteiger partial charge in [-0.05, 0) is 44.3 Å². The molecule has 0 bridgehead atoms. The molecule has 0 radical (unpaired) electrons. The van der Waals surface area contributed by atoms with E-state index >= 15 is 0 Å². The number of H-pyrrole nitrogens is 1. The lowest BCUT2D eigenvalue weighted by atomic mass is 9.89. The molecule has 0 saturated carbocycles. The molecule has 2 heterocycles. The highest BCUT2D eigenvalue weighted by atomic mass is 16.2. The molecule has 1 fully saturated rings. The summed E-state index contributed by atoms with van der Waals surface area (Å²) in [5.74, 6) is 1.23. The number of benzene rings is 1. The van der Waals surface area contributed by atoms with Crippen molar-refractivity contribution in [1.82, 2.24) is 20.2 Å². The van der Waals surface area contributed by atoms with Crippen molar-refractivity contribution in [3.63, 3.8) is 0 Å². The smallest absolute Gasteiger partial charge is 0.251 e. The minimum Gasteiger partial charge on any atom is -0.355 e. The number of hydrogen-bond donors (Lipinski definition) is 2. The summed E-state index contributed by atoms with van der Waals surface area (Å²) in [5, 5.41) is 2.93. The third-order valence-electron chi connectivity index (χ3n) is 4.84. The average molecular weight is 354 g/mol. The van der Waals surface area contributed by atoms with Crippen molar-refractivity contribution < 1.29 is 4.79 Å². The van der Waals surface area contributed by atoms with Crippen LogP contribution >= 0.6 is 0 Å². The van der Waals surface area contributed by atoms with E-state index in [0.29, 0.717) is 36.9 Å². The van der Waals surface area contributed by atoms with Crippen LogP contribution in [-0.2, 0) is 11.2 Å². The van der Waals surface area contributed by atoms with Crippen LogP contribution in [0.25, 0.3) is 0 Å². The van der Waals surface area contributed by atoms with Crippen molar-refractivity contribution >= 4 is 5.91 Å². The number of hydrogen-bond acceptors (Lipinski definition) is 4. The average Bonchev–Trinajstić information content (AvgIpc) is 2.62. The van der Waals surface area contributed by atoms with Crippen LogP contribution in [0.5, 0.6) is 0 Å². The van der Waals surface area contributed by atoms with E-state index in [1.807, 2.05) is 6.07 Å². The van der Waals surface area contributed by atoms with Crippen LogP contribution in [0.15, 0.2) is 41.2 Å². The summed E-state index contributed by atoms with van der Waals surface area (Å²) in [7, 11) is 0. The van der Waals surface area contributed by atoms with Crippen molar-refractivity contribution in [2.24, 2.45) is 0 Å². The molecule has 1 saturated heterocycles. The van der Waals surface area contributed by atoms with E-state index in [0.717, 1.165) is 25.9 Å². The number of nitrogens with zero attached hydrogens (tertiary/aromatic N) is 2. The number of aromatic nitrogens is 2. The highest BCUT2D eigenvalue weighted by Gasteiger charge is 2.21. The van der Waals surface area contributed by atoms with Gasteiger partial charge in [-0.1, -0.05) is 30.3 Å². The largest absolute Gasteiger partial charge is 0.355 e. The molecule has 2 N–H and O–H groups in total. The molecule has 26 heavy (non-hydrogen) atoms. The molecule has 6 heteroatoms. The number of nitrogens with one attached hydrogen (secondary N) is 2. The van der Waals surface area contributed by atoms with E-state index in [9.17, 15) is 9.59 Å². The first-order chi connectivity index (χ1) is 12.6. The van der Waals surface area contributed by atoms with Crippen molar-refractivity contribution in [3.05, 3.63) is 63.8 Å². The number of aromatic amines is 1. The molecule has 1 amide bonds. The molecular weight excluding hydrogens is 328 g/mol. The van der Waals surface area contributed by atoms with Crippen molar-refractivity contribution in [1.29, 1.82) is 0 Å². The van der Waals surface area contributed by atoms with Crippen molar-refractivity contribution in [2.45, 2.75) is 32.1 Å². The second kappa shape index (κ2) is 8.76. The van der Waals surface area contributed by atoms with Crippen molar-refractivity contribution in [3.8, 4) is 0 Å². The first-order valence-corrected chi connectivity index (χ1v) is 9.21. The van der Waals surface area contributed by atoms with Gasteiger partial charge in [-0.2, -0.15) is 0 Å². The highest BCUT2D eigenvalue weighted by molar-refractivity contribution is 5.78. The number of likely N-dealkylation sites (tertiary alicyclic amines) is 1. The zero-order chi connectivity index (χ0) is 18.4. The molecule has 0 atom stereocenters. The Hall–Kier alpha value is -2.47. The summed E-state index contributed by atoms with van der Waals surface area (Å²) in [4.78, 5) is 32.7. The predicted octanol–water partition coefficient (Wildman–Crippen LogP) is 1.62. The molecule has 2 aromatic rings. The number of aryl methyl sites for hydroxylation is 1. The van der Waals surface area contributed by atoms with E-state index in [-0.39, 0.29) is 11.5 Å². The van der Waals surface area contributed by atoms with Gasteiger partial charge in [-0.3, -0.25) is 14.5 Å². The van der Waals surface area contributed by atoms with E-state index < -0.39 is 0 Å². The van der Waals surface area contributed by atoms with Gasteiger partial charge in [0, 0.05) is 24.7 Å². The van der Waals surface area contributed by atoms with Gasteiger partial charge in [0.05, 0.1) is 6.54 Å². The van der Waals surface area contributed by atoms with Gasteiger partial charge in [0.15, 0.2) is 0 Å². The zero-order valence-electron chi connectivity index (χ0n) is 15.2. The standard InChI is InChI=1S/C20H26N4O2/c1-15-22-18(13-19(25)23-15)7-10-21-20(26)14-24-11-8-17(9-12-24)16-5-3-2-4-6-16/h2-6,13,17H,7-12,14H2,1H3,(H,21,26)(H,22,23,25). The Morgan fingerprint density at radius 1 is 1.27 bits per heavy atom. The van der Waals surface area contributed by atoms with E-state index in [4.69, 9.17) is 0 Å². The third kappa shape index (κ3) is 5.26. The lowest BCUT2D eigenvalue weighted by Crippen LogP contribution is -2.41. The maximum Gasteiger partial charge on any atom is 0.251 e. The van der Waals surface area contributed by atoms with Gasteiger partial charge in [0.1, 0.15) is 5.82 Å². The van der Waals surface area contributed by atoms with Gasteiger partial charge in [-0.15, -0.1) is 0 Å². The fourth-order valence-electron chi connectivity index (χ4n) is 3.51. The molecule has 1 aromatic heterocycles. The maximum atomic E-state index is 12.1. The Morgan fingerprint density at radius 3 is 2.69 bits per heavy atom. The maximum absolute atomic E-state index is 12.1. The molecule has 0 aliphatic carbocycles. The molecule has 1 aromatic carbocycles. The highest BCUT2D eigenvalue weighted by Crippen LogP contribution is 2.27. The number of carbonyl (C=O) groups is 1. The minimum atomic E-state index is -0.153. The van der Waals surface area contributed by atoms with Crippen LogP contribution in [-0.4, -0.2) is 47.0 Å². The second-order valence-corrected chi connectivity index (χ2v) is 6.88. The van der Waals surface area contributed by atoms with Gasteiger partial charge in [0.2, 0.25) is 5.91 Å². The molecular formula is C20H26N4O2. The SMILES string of the molecule is Cc1nc(CCNC(=O)CN2CCC(c3ccccc3)CC2)cc(=O)[nH]1. The molecule has 1 aliphatic heterocycles. The molecule has 138 valence electrons. The number of carbonyl (C=O) groups excluding carboxylic acids is 1. The lowest BCUT2D eigenvalue weighted by molar-refractivity contribution is -0.122.